The van der Waals surface area contributed by atoms with Crippen LogP contribution in [0.15, 0.2) is 42.5 Å². The highest BCUT2D eigenvalue weighted by Gasteiger charge is 2.15. The summed E-state index contributed by atoms with van der Waals surface area (Å²) in [5.74, 6) is 1.36. The highest BCUT2D eigenvalue weighted by molar-refractivity contribution is 5.44. The van der Waals surface area contributed by atoms with E-state index in [0.717, 1.165) is 18.8 Å². The highest BCUT2D eigenvalue weighted by Crippen LogP contribution is 2.31. The Labute approximate surface area is 113 Å². The van der Waals surface area contributed by atoms with Crippen LogP contribution in [0.3, 0.4) is 0 Å². The summed E-state index contributed by atoms with van der Waals surface area (Å²) in [4.78, 5) is 0. The van der Waals surface area contributed by atoms with Crippen LogP contribution < -0.4 is 4.74 Å². The van der Waals surface area contributed by atoms with Crippen LogP contribution in [0.25, 0.3) is 0 Å². The van der Waals surface area contributed by atoms with Crippen molar-refractivity contribution in [1.29, 1.82) is 5.26 Å². The minimum absolute atomic E-state index is 0.332. The van der Waals surface area contributed by atoms with Gasteiger partial charge in [-0.2, -0.15) is 5.26 Å². The minimum Gasteiger partial charge on any atom is -0.493 e. The van der Waals surface area contributed by atoms with E-state index in [1.54, 1.807) is 0 Å². The summed E-state index contributed by atoms with van der Waals surface area (Å²) >= 11 is 0. The standard InChI is InChI=1S/C17H15NO/c1-12(14-4-2-13(11-18)3-5-14)15-6-7-17-16(10-15)8-9-19-17/h2-7,10,12H,8-9H2,1H3. The van der Waals surface area contributed by atoms with Crippen LogP contribution in [-0.2, 0) is 6.42 Å². The van der Waals surface area contributed by atoms with Gasteiger partial charge in [0.15, 0.2) is 0 Å². The molecule has 1 unspecified atom stereocenters. The Balaban J connectivity index is 1.90. The largest absolute Gasteiger partial charge is 0.493 e. The second-order valence-corrected chi connectivity index (χ2v) is 4.92. The third kappa shape index (κ3) is 2.20. The van der Waals surface area contributed by atoms with Crippen molar-refractivity contribution >= 4 is 0 Å². The number of nitrogens with zero attached hydrogens (tertiary/aromatic N) is 1. The molecule has 0 saturated heterocycles. The van der Waals surface area contributed by atoms with Crippen molar-refractivity contribution in [2.24, 2.45) is 0 Å². The zero-order chi connectivity index (χ0) is 13.2. The van der Waals surface area contributed by atoms with Crippen molar-refractivity contribution in [2.45, 2.75) is 19.3 Å². The van der Waals surface area contributed by atoms with Gasteiger partial charge in [0.1, 0.15) is 5.75 Å². The third-order valence-corrected chi connectivity index (χ3v) is 3.75. The van der Waals surface area contributed by atoms with Crippen molar-refractivity contribution < 1.29 is 4.74 Å². The van der Waals surface area contributed by atoms with Crippen LogP contribution in [0.1, 0.15) is 35.1 Å². The van der Waals surface area contributed by atoms with Gasteiger partial charge in [0.05, 0.1) is 18.2 Å². The summed E-state index contributed by atoms with van der Waals surface area (Å²) in [5.41, 5.74) is 4.54. The van der Waals surface area contributed by atoms with Crippen molar-refractivity contribution in [2.75, 3.05) is 6.61 Å². The van der Waals surface area contributed by atoms with Gasteiger partial charge in [0.25, 0.3) is 0 Å². The molecular formula is C17H15NO. The van der Waals surface area contributed by atoms with Crippen molar-refractivity contribution in [3.8, 4) is 11.8 Å². The number of benzene rings is 2. The maximum Gasteiger partial charge on any atom is 0.122 e. The van der Waals surface area contributed by atoms with Crippen LogP contribution in [0.2, 0.25) is 0 Å². The first-order chi connectivity index (χ1) is 9.28. The molecule has 0 N–H and O–H groups in total. The lowest BCUT2D eigenvalue weighted by Gasteiger charge is -2.13. The molecule has 0 spiro atoms. The summed E-state index contributed by atoms with van der Waals surface area (Å²) < 4.78 is 5.53. The first-order valence-corrected chi connectivity index (χ1v) is 6.53. The fourth-order valence-electron chi connectivity index (χ4n) is 2.51. The number of hydrogen-bond acceptors (Lipinski definition) is 2. The van der Waals surface area contributed by atoms with Crippen LogP contribution >= 0.6 is 0 Å². The lowest BCUT2D eigenvalue weighted by Crippen LogP contribution is -1.96. The molecule has 0 bridgehead atoms. The lowest BCUT2D eigenvalue weighted by molar-refractivity contribution is 0.357. The molecule has 94 valence electrons. The minimum atomic E-state index is 0.332. The van der Waals surface area contributed by atoms with Gasteiger partial charge in [-0.15, -0.1) is 0 Å². The predicted octanol–water partition coefficient (Wildman–Crippen LogP) is 3.64. The van der Waals surface area contributed by atoms with Crippen LogP contribution in [-0.4, -0.2) is 6.61 Å². The Morgan fingerprint density at radius 2 is 1.84 bits per heavy atom. The molecule has 0 aliphatic carbocycles. The quantitative estimate of drug-likeness (QED) is 0.814. The number of fused-ring (bicyclic) bond motifs is 1. The maximum atomic E-state index is 8.83. The molecule has 2 nitrogen and oxygen atoms in total. The Bertz CT molecular complexity index is 637. The topological polar surface area (TPSA) is 33.0 Å². The average molecular weight is 249 g/mol. The van der Waals surface area contributed by atoms with E-state index in [1.807, 2.05) is 24.3 Å². The average Bonchev–Trinajstić information content (AvgIpc) is 2.94. The van der Waals surface area contributed by atoms with Gasteiger partial charge < -0.3 is 4.74 Å². The zero-order valence-corrected chi connectivity index (χ0v) is 10.9. The van der Waals surface area contributed by atoms with E-state index >= 15 is 0 Å². The molecule has 2 heteroatoms. The zero-order valence-electron chi connectivity index (χ0n) is 10.9. The lowest BCUT2D eigenvalue weighted by atomic mass is 9.91. The van der Waals surface area contributed by atoms with Crippen LogP contribution in [0.5, 0.6) is 5.75 Å². The van der Waals surface area contributed by atoms with E-state index in [4.69, 9.17) is 10.00 Å². The molecule has 0 aromatic heterocycles. The van der Waals surface area contributed by atoms with E-state index in [0.29, 0.717) is 11.5 Å². The smallest absolute Gasteiger partial charge is 0.122 e. The fraction of sp³-hybridized carbons (Fsp3) is 0.235. The third-order valence-electron chi connectivity index (χ3n) is 3.75. The molecule has 1 aliphatic rings. The van der Waals surface area contributed by atoms with E-state index in [2.05, 4.69) is 31.2 Å². The molecular weight excluding hydrogens is 234 g/mol. The molecule has 0 fully saturated rings. The molecule has 3 rings (SSSR count). The monoisotopic (exact) mass is 249 g/mol. The van der Waals surface area contributed by atoms with Gasteiger partial charge in [-0.25, -0.2) is 0 Å². The molecule has 2 aromatic rings. The normalized spacial score (nSPS) is 14.3. The Morgan fingerprint density at radius 1 is 1.11 bits per heavy atom. The van der Waals surface area contributed by atoms with Crippen molar-refractivity contribution in [3.05, 3.63) is 64.7 Å². The predicted molar refractivity (Wildman–Crippen MR) is 74.3 cm³/mol. The first kappa shape index (κ1) is 11.8. The second kappa shape index (κ2) is 4.78. The molecule has 1 heterocycles. The maximum absolute atomic E-state index is 8.83. The molecule has 2 aromatic carbocycles. The van der Waals surface area contributed by atoms with Gasteiger partial charge in [-0.3, -0.25) is 0 Å². The van der Waals surface area contributed by atoms with Crippen molar-refractivity contribution in [3.63, 3.8) is 0 Å². The SMILES string of the molecule is CC(c1ccc(C#N)cc1)c1ccc2c(c1)CCO2. The molecule has 0 saturated carbocycles. The van der Waals surface area contributed by atoms with Crippen LogP contribution in [0, 0.1) is 11.3 Å². The second-order valence-electron chi connectivity index (χ2n) is 4.92. The number of rotatable bonds is 2. The molecule has 0 radical (unpaired) electrons. The molecule has 19 heavy (non-hydrogen) atoms. The van der Waals surface area contributed by atoms with Gasteiger partial charge in [0.2, 0.25) is 0 Å². The van der Waals surface area contributed by atoms with Gasteiger partial charge >= 0.3 is 0 Å². The molecule has 0 amide bonds. The number of ether oxygens (including phenoxy) is 1. The molecule has 1 atom stereocenters. The summed E-state index contributed by atoms with van der Waals surface area (Å²) in [6, 6.07) is 16.4. The number of nitriles is 1. The summed E-state index contributed by atoms with van der Waals surface area (Å²) in [5, 5.41) is 8.83. The van der Waals surface area contributed by atoms with Crippen molar-refractivity contribution in [1.82, 2.24) is 0 Å². The van der Waals surface area contributed by atoms with E-state index < -0.39 is 0 Å². The summed E-state index contributed by atoms with van der Waals surface area (Å²) in [6.45, 7) is 2.99. The fourth-order valence-corrected chi connectivity index (χ4v) is 2.51. The van der Waals surface area contributed by atoms with Gasteiger partial charge in [-0.05, 0) is 34.9 Å². The number of hydrogen-bond donors (Lipinski definition) is 0. The van der Waals surface area contributed by atoms with Gasteiger partial charge in [0, 0.05) is 12.3 Å². The Morgan fingerprint density at radius 3 is 2.58 bits per heavy atom. The Hall–Kier alpha value is -2.27. The van der Waals surface area contributed by atoms with Gasteiger partial charge in [-0.1, -0.05) is 31.2 Å². The van der Waals surface area contributed by atoms with Crippen LogP contribution in [0.4, 0.5) is 0 Å². The first-order valence-electron chi connectivity index (χ1n) is 6.53. The summed E-state index contributed by atoms with van der Waals surface area (Å²) in [6.07, 6.45) is 1.00. The summed E-state index contributed by atoms with van der Waals surface area (Å²) in [7, 11) is 0. The highest BCUT2D eigenvalue weighted by atomic mass is 16.5. The van der Waals surface area contributed by atoms with E-state index in [9.17, 15) is 0 Å². The van der Waals surface area contributed by atoms with E-state index in [-0.39, 0.29) is 0 Å². The Kier molecular flexibility index (Phi) is 2.97. The molecule has 1 aliphatic heterocycles. The van der Waals surface area contributed by atoms with E-state index in [1.165, 1.54) is 16.7 Å².